The lowest BCUT2D eigenvalue weighted by Crippen LogP contribution is -2.23. The molecule has 2 aromatic heterocycles. The number of rotatable bonds is 5. The van der Waals surface area contributed by atoms with Crippen molar-refractivity contribution in [1.29, 1.82) is 0 Å². The smallest absolute Gasteiger partial charge is 0.220 e. The van der Waals surface area contributed by atoms with Gasteiger partial charge in [0.15, 0.2) is 0 Å². The van der Waals surface area contributed by atoms with Gasteiger partial charge in [0.1, 0.15) is 0 Å². The standard InChI is InChI=1S/C13H18N4OS/c1-8-9(2)16-17-12(8)4-5-13(18)14-6-11-7-19-10(3)15-11/h7H,4-6H2,1-3H3,(H,14,18)(H,16,17). The van der Waals surface area contributed by atoms with Crippen LogP contribution in [0.2, 0.25) is 0 Å². The SMILES string of the molecule is Cc1nc(CNC(=O)CCc2n[nH]c(C)c2C)cs1. The van der Waals surface area contributed by atoms with Gasteiger partial charge < -0.3 is 5.32 Å². The molecule has 19 heavy (non-hydrogen) atoms. The third-order valence-corrected chi connectivity index (χ3v) is 3.90. The van der Waals surface area contributed by atoms with Crippen molar-refractivity contribution in [1.82, 2.24) is 20.5 Å². The van der Waals surface area contributed by atoms with Crippen LogP contribution in [0.15, 0.2) is 5.38 Å². The van der Waals surface area contributed by atoms with Gasteiger partial charge in [-0.1, -0.05) is 0 Å². The molecule has 0 saturated heterocycles. The molecule has 2 N–H and O–H groups in total. The number of aromatic amines is 1. The summed E-state index contributed by atoms with van der Waals surface area (Å²) < 4.78 is 0. The van der Waals surface area contributed by atoms with Gasteiger partial charge in [-0.3, -0.25) is 9.89 Å². The second-order valence-corrected chi connectivity index (χ2v) is 5.62. The Labute approximate surface area is 116 Å². The molecular weight excluding hydrogens is 260 g/mol. The van der Waals surface area contributed by atoms with Gasteiger partial charge in [-0.2, -0.15) is 5.10 Å². The maximum Gasteiger partial charge on any atom is 0.220 e. The molecule has 2 aromatic rings. The van der Waals surface area contributed by atoms with Crippen molar-refractivity contribution in [3.63, 3.8) is 0 Å². The average molecular weight is 278 g/mol. The number of carbonyl (C=O) groups excluding carboxylic acids is 1. The maximum absolute atomic E-state index is 11.7. The number of nitrogens with one attached hydrogen (secondary N) is 2. The predicted molar refractivity (Wildman–Crippen MR) is 75.1 cm³/mol. The van der Waals surface area contributed by atoms with Crippen LogP contribution in [0.5, 0.6) is 0 Å². The van der Waals surface area contributed by atoms with E-state index in [9.17, 15) is 4.79 Å². The number of hydrogen-bond acceptors (Lipinski definition) is 4. The Balaban J connectivity index is 1.77. The first-order valence-corrected chi connectivity index (χ1v) is 7.12. The highest BCUT2D eigenvalue weighted by Gasteiger charge is 2.08. The van der Waals surface area contributed by atoms with E-state index in [0.717, 1.165) is 27.7 Å². The van der Waals surface area contributed by atoms with Crippen molar-refractivity contribution >= 4 is 17.2 Å². The van der Waals surface area contributed by atoms with Crippen molar-refractivity contribution < 1.29 is 4.79 Å². The van der Waals surface area contributed by atoms with E-state index in [2.05, 4.69) is 20.5 Å². The van der Waals surface area contributed by atoms with Gasteiger partial charge in [-0.05, 0) is 26.3 Å². The van der Waals surface area contributed by atoms with Crippen LogP contribution in [-0.4, -0.2) is 21.1 Å². The Morgan fingerprint density at radius 3 is 2.79 bits per heavy atom. The monoisotopic (exact) mass is 278 g/mol. The summed E-state index contributed by atoms with van der Waals surface area (Å²) >= 11 is 1.59. The molecule has 0 spiro atoms. The van der Waals surface area contributed by atoms with Crippen LogP contribution in [0.25, 0.3) is 0 Å². The predicted octanol–water partition coefficient (Wildman–Crippen LogP) is 2.04. The van der Waals surface area contributed by atoms with Gasteiger partial charge in [0.25, 0.3) is 0 Å². The fourth-order valence-corrected chi connectivity index (χ4v) is 2.39. The number of hydrogen-bond donors (Lipinski definition) is 2. The van der Waals surface area contributed by atoms with Gasteiger partial charge in [0, 0.05) is 23.9 Å². The number of aromatic nitrogens is 3. The van der Waals surface area contributed by atoms with Gasteiger partial charge in [0.2, 0.25) is 5.91 Å². The highest BCUT2D eigenvalue weighted by molar-refractivity contribution is 7.09. The first-order chi connectivity index (χ1) is 9.06. The van der Waals surface area contributed by atoms with Gasteiger partial charge >= 0.3 is 0 Å². The number of H-pyrrole nitrogens is 1. The molecule has 0 radical (unpaired) electrons. The van der Waals surface area contributed by atoms with E-state index in [-0.39, 0.29) is 5.91 Å². The molecule has 2 heterocycles. The quantitative estimate of drug-likeness (QED) is 0.879. The Morgan fingerprint density at radius 1 is 1.42 bits per heavy atom. The molecule has 1 amide bonds. The van der Waals surface area contributed by atoms with E-state index in [1.807, 2.05) is 26.2 Å². The van der Waals surface area contributed by atoms with Crippen LogP contribution in [0, 0.1) is 20.8 Å². The van der Waals surface area contributed by atoms with Gasteiger partial charge in [-0.15, -0.1) is 11.3 Å². The molecule has 102 valence electrons. The summed E-state index contributed by atoms with van der Waals surface area (Å²) in [5.41, 5.74) is 4.09. The molecule has 0 aliphatic rings. The lowest BCUT2D eigenvalue weighted by molar-refractivity contribution is -0.121. The average Bonchev–Trinajstić information content (AvgIpc) is 2.93. The summed E-state index contributed by atoms with van der Waals surface area (Å²) in [6.45, 7) is 6.46. The fourth-order valence-electron chi connectivity index (χ4n) is 1.78. The molecule has 6 heteroatoms. The Bertz CT molecular complexity index is 573. The summed E-state index contributed by atoms with van der Waals surface area (Å²) in [6.07, 6.45) is 1.12. The molecule has 0 unspecified atom stereocenters. The minimum Gasteiger partial charge on any atom is -0.350 e. The van der Waals surface area contributed by atoms with Crippen molar-refractivity contribution in [2.24, 2.45) is 0 Å². The van der Waals surface area contributed by atoms with E-state index in [0.29, 0.717) is 19.4 Å². The zero-order valence-electron chi connectivity index (χ0n) is 11.4. The number of aryl methyl sites for hydroxylation is 3. The highest BCUT2D eigenvalue weighted by atomic mass is 32.1. The Hall–Kier alpha value is -1.69. The third-order valence-electron chi connectivity index (χ3n) is 3.08. The minimum absolute atomic E-state index is 0.0331. The summed E-state index contributed by atoms with van der Waals surface area (Å²) in [5.74, 6) is 0.0331. The normalized spacial score (nSPS) is 10.7. The summed E-state index contributed by atoms with van der Waals surface area (Å²) in [7, 11) is 0. The van der Waals surface area contributed by atoms with E-state index in [1.165, 1.54) is 0 Å². The van der Waals surface area contributed by atoms with Crippen LogP contribution in [0.4, 0.5) is 0 Å². The van der Waals surface area contributed by atoms with Crippen LogP contribution >= 0.6 is 11.3 Å². The topological polar surface area (TPSA) is 70.7 Å². The summed E-state index contributed by atoms with van der Waals surface area (Å²) in [5, 5.41) is 13.0. The first-order valence-electron chi connectivity index (χ1n) is 6.24. The van der Waals surface area contributed by atoms with Crippen LogP contribution in [0.1, 0.15) is 34.1 Å². The maximum atomic E-state index is 11.7. The van der Waals surface area contributed by atoms with Gasteiger partial charge in [0.05, 0.1) is 22.9 Å². The van der Waals surface area contributed by atoms with Crippen molar-refractivity contribution in [2.75, 3.05) is 0 Å². The van der Waals surface area contributed by atoms with E-state index in [4.69, 9.17) is 0 Å². The van der Waals surface area contributed by atoms with E-state index < -0.39 is 0 Å². The molecule has 0 aliphatic heterocycles. The van der Waals surface area contributed by atoms with Crippen LogP contribution < -0.4 is 5.32 Å². The fraction of sp³-hybridized carbons (Fsp3) is 0.462. The molecule has 0 aromatic carbocycles. The molecule has 0 aliphatic carbocycles. The third kappa shape index (κ3) is 3.64. The van der Waals surface area contributed by atoms with E-state index in [1.54, 1.807) is 11.3 Å². The summed E-state index contributed by atoms with van der Waals surface area (Å²) in [6, 6.07) is 0. The van der Waals surface area contributed by atoms with E-state index >= 15 is 0 Å². The van der Waals surface area contributed by atoms with Crippen LogP contribution in [-0.2, 0) is 17.8 Å². The molecular formula is C13H18N4OS. The number of carbonyl (C=O) groups is 1. The van der Waals surface area contributed by atoms with Gasteiger partial charge in [-0.25, -0.2) is 4.98 Å². The Kier molecular flexibility index (Phi) is 4.31. The summed E-state index contributed by atoms with van der Waals surface area (Å²) in [4.78, 5) is 16.0. The lowest BCUT2D eigenvalue weighted by Gasteiger charge is -2.02. The molecule has 5 nitrogen and oxygen atoms in total. The largest absolute Gasteiger partial charge is 0.350 e. The first kappa shape index (κ1) is 13.7. The van der Waals surface area contributed by atoms with Crippen molar-refractivity contribution in [2.45, 2.75) is 40.2 Å². The zero-order chi connectivity index (χ0) is 13.8. The Morgan fingerprint density at radius 2 is 2.21 bits per heavy atom. The minimum atomic E-state index is 0.0331. The molecule has 0 atom stereocenters. The highest BCUT2D eigenvalue weighted by Crippen LogP contribution is 2.10. The molecule has 0 bridgehead atoms. The second kappa shape index (κ2) is 5.97. The lowest BCUT2D eigenvalue weighted by atomic mass is 10.1. The molecule has 0 saturated carbocycles. The molecule has 0 fully saturated rings. The van der Waals surface area contributed by atoms with Crippen molar-refractivity contribution in [3.05, 3.63) is 33.0 Å². The number of nitrogens with zero attached hydrogens (tertiary/aromatic N) is 2. The zero-order valence-corrected chi connectivity index (χ0v) is 12.2. The second-order valence-electron chi connectivity index (χ2n) is 4.55. The van der Waals surface area contributed by atoms with Crippen molar-refractivity contribution in [3.8, 4) is 0 Å². The van der Waals surface area contributed by atoms with Crippen LogP contribution in [0.3, 0.4) is 0 Å². The molecule has 2 rings (SSSR count). The number of thiazole rings is 1. The number of amides is 1.